The molecule has 0 aliphatic heterocycles. The van der Waals surface area contributed by atoms with Crippen LogP contribution in [0.4, 0.5) is 0 Å². The minimum atomic E-state index is 0.819. The van der Waals surface area contributed by atoms with E-state index < -0.39 is 0 Å². The van der Waals surface area contributed by atoms with Gasteiger partial charge in [-0.05, 0) is 31.4 Å². The lowest BCUT2D eigenvalue weighted by Crippen LogP contribution is -2.12. The summed E-state index contributed by atoms with van der Waals surface area (Å²) in [6, 6.07) is 6.24. The number of nitrogens with zero attached hydrogens (tertiary/aromatic N) is 2. The van der Waals surface area contributed by atoms with Crippen molar-refractivity contribution in [3.8, 4) is 0 Å². The minimum Gasteiger partial charge on any atom is -0.411 e. The van der Waals surface area contributed by atoms with Crippen LogP contribution in [0, 0.1) is 0 Å². The summed E-state index contributed by atoms with van der Waals surface area (Å²) in [7, 11) is 2.08. The van der Waals surface area contributed by atoms with E-state index in [0.29, 0.717) is 0 Å². The van der Waals surface area contributed by atoms with Gasteiger partial charge in [0.2, 0.25) is 0 Å². The molecule has 3 rings (SSSR count). The standard InChI is InChI=1S/C13H13BrN2O/c1-16-11-4-2-3-10(15-17)13(11)9-6-5-8(14)7-12(9)16/h5-7,17H,2-4H2,1H3. The molecule has 0 atom stereocenters. The molecule has 0 fully saturated rings. The van der Waals surface area contributed by atoms with Gasteiger partial charge in [0.1, 0.15) is 0 Å². The van der Waals surface area contributed by atoms with E-state index in [2.05, 4.69) is 44.8 Å². The number of hydrogen-bond acceptors (Lipinski definition) is 2. The SMILES string of the molecule is Cn1c2c(c3ccc(Br)cc31)C(=NO)CCC2. The van der Waals surface area contributed by atoms with Gasteiger partial charge in [0, 0.05) is 33.7 Å². The molecule has 1 aliphatic rings. The lowest BCUT2D eigenvalue weighted by molar-refractivity contribution is 0.317. The summed E-state index contributed by atoms with van der Waals surface area (Å²) in [6.07, 6.45) is 2.97. The van der Waals surface area contributed by atoms with Gasteiger partial charge in [-0.1, -0.05) is 27.2 Å². The summed E-state index contributed by atoms with van der Waals surface area (Å²) in [5, 5.41) is 13.8. The molecule has 0 bridgehead atoms. The van der Waals surface area contributed by atoms with E-state index in [-0.39, 0.29) is 0 Å². The molecular formula is C13H13BrN2O. The van der Waals surface area contributed by atoms with Crippen molar-refractivity contribution in [2.45, 2.75) is 19.3 Å². The molecule has 17 heavy (non-hydrogen) atoms. The highest BCUT2D eigenvalue weighted by Gasteiger charge is 2.23. The Labute approximate surface area is 108 Å². The highest BCUT2D eigenvalue weighted by Crippen LogP contribution is 2.33. The molecule has 0 saturated heterocycles. The van der Waals surface area contributed by atoms with E-state index in [4.69, 9.17) is 5.21 Å². The Balaban J connectivity index is 2.42. The first-order chi connectivity index (χ1) is 8.22. The van der Waals surface area contributed by atoms with Crippen molar-refractivity contribution >= 4 is 32.5 Å². The number of oxime groups is 1. The number of rotatable bonds is 0. The molecule has 0 radical (unpaired) electrons. The average molecular weight is 293 g/mol. The van der Waals surface area contributed by atoms with Gasteiger partial charge in [-0.25, -0.2) is 0 Å². The zero-order valence-corrected chi connectivity index (χ0v) is 11.2. The van der Waals surface area contributed by atoms with E-state index in [1.165, 1.54) is 16.6 Å². The zero-order chi connectivity index (χ0) is 12.0. The van der Waals surface area contributed by atoms with Gasteiger partial charge >= 0.3 is 0 Å². The van der Waals surface area contributed by atoms with Gasteiger partial charge in [0.05, 0.1) is 5.71 Å². The lowest BCUT2D eigenvalue weighted by Gasteiger charge is -2.14. The quantitative estimate of drug-likeness (QED) is 0.586. The van der Waals surface area contributed by atoms with Crippen molar-refractivity contribution < 1.29 is 5.21 Å². The first-order valence-corrected chi connectivity index (χ1v) is 6.50. The highest BCUT2D eigenvalue weighted by molar-refractivity contribution is 9.10. The second-order valence-electron chi connectivity index (χ2n) is 4.44. The molecule has 1 aromatic carbocycles. The van der Waals surface area contributed by atoms with Crippen molar-refractivity contribution in [2.75, 3.05) is 0 Å². The number of aryl methyl sites for hydroxylation is 1. The van der Waals surface area contributed by atoms with Gasteiger partial charge in [0.25, 0.3) is 0 Å². The molecule has 1 heterocycles. The van der Waals surface area contributed by atoms with Crippen molar-refractivity contribution in [1.29, 1.82) is 0 Å². The molecule has 4 heteroatoms. The van der Waals surface area contributed by atoms with Crippen LogP contribution in [0.1, 0.15) is 24.1 Å². The van der Waals surface area contributed by atoms with Gasteiger partial charge < -0.3 is 9.77 Å². The van der Waals surface area contributed by atoms with Crippen LogP contribution in [-0.2, 0) is 13.5 Å². The fraction of sp³-hybridized carbons (Fsp3) is 0.308. The first-order valence-electron chi connectivity index (χ1n) is 5.70. The number of aromatic nitrogens is 1. The van der Waals surface area contributed by atoms with Crippen LogP contribution in [-0.4, -0.2) is 15.5 Å². The van der Waals surface area contributed by atoms with Crippen molar-refractivity contribution in [1.82, 2.24) is 4.57 Å². The number of hydrogen-bond donors (Lipinski definition) is 1. The molecular weight excluding hydrogens is 280 g/mol. The summed E-state index contributed by atoms with van der Waals surface area (Å²) >= 11 is 3.50. The Morgan fingerprint density at radius 3 is 2.94 bits per heavy atom. The highest BCUT2D eigenvalue weighted by atomic mass is 79.9. The summed E-state index contributed by atoms with van der Waals surface area (Å²) in [5.41, 5.74) is 4.41. The molecule has 0 amide bonds. The molecule has 88 valence electrons. The Kier molecular flexibility index (Phi) is 2.47. The van der Waals surface area contributed by atoms with E-state index in [1.807, 2.05) is 6.07 Å². The summed E-state index contributed by atoms with van der Waals surface area (Å²) < 4.78 is 3.28. The number of benzene rings is 1. The average Bonchev–Trinajstić information content (AvgIpc) is 2.63. The van der Waals surface area contributed by atoms with Crippen LogP contribution in [0.3, 0.4) is 0 Å². The summed E-state index contributed by atoms with van der Waals surface area (Å²) in [4.78, 5) is 0. The maximum Gasteiger partial charge on any atom is 0.0892 e. The zero-order valence-electron chi connectivity index (χ0n) is 9.57. The van der Waals surface area contributed by atoms with E-state index in [9.17, 15) is 0 Å². The van der Waals surface area contributed by atoms with Crippen molar-refractivity contribution in [3.05, 3.63) is 33.9 Å². The lowest BCUT2D eigenvalue weighted by atomic mass is 9.93. The van der Waals surface area contributed by atoms with Gasteiger partial charge in [-0.2, -0.15) is 0 Å². The van der Waals surface area contributed by atoms with Crippen molar-refractivity contribution in [3.63, 3.8) is 0 Å². The molecule has 0 unspecified atom stereocenters. The molecule has 1 aliphatic carbocycles. The van der Waals surface area contributed by atoms with E-state index in [1.54, 1.807) is 0 Å². The normalized spacial score (nSPS) is 17.6. The minimum absolute atomic E-state index is 0.819. The second-order valence-corrected chi connectivity index (χ2v) is 5.36. The fourth-order valence-electron chi connectivity index (χ4n) is 2.73. The van der Waals surface area contributed by atoms with Crippen LogP contribution in [0.15, 0.2) is 27.8 Å². The smallest absolute Gasteiger partial charge is 0.0892 e. The van der Waals surface area contributed by atoms with Crippen LogP contribution in [0.5, 0.6) is 0 Å². The predicted octanol–water partition coefficient (Wildman–Crippen LogP) is 3.46. The van der Waals surface area contributed by atoms with E-state index >= 15 is 0 Å². The first kappa shape index (κ1) is 10.8. The molecule has 0 saturated carbocycles. The van der Waals surface area contributed by atoms with Gasteiger partial charge in [-0.15, -0.1) is 0 Å². The van der Waals surface area contributed by atoms with Crippen LogP contribution in [0.2, 0.25) is 0 Å². The molecule has 0 spiro atoms. The van der Waals surface area contributed by atoms with Crippen LogP contribution >= 0.6 is 15.9 Å². The third kappa shape index (κ3) is 1.51. The van der Waals surface area contributed by atoms with Crippen molar-refractivity contribution in [2.24, 2.45) is 12.2 Å². The Hall–Kier alpha value is -1.29. The molecule has 2 aromatic rings. The molecule has 1 aromatic heterocycles. The van der Waals surface area contributed by atoms with Crippen LogP contribution in [0.25, 0.3) is 10.9 Å². The summed E-state index contributed by atoms with van der Waals surface area (Å²) in [6.45, 7) is 0. The Morgan fingerprint density at radius 1 is 1.35 bits per heavy atom. The van der Waals surface area contributed by atoms with Crippen LogP contribution < -0.4 is 0 Å². The third-order valence-corrected chi connectivity index (χ3v) is 4.01. The monoisotopic (exact) mass is 292 g/mol. The summed E-state index contributed by atoms with van der Waals surface area (Å²) in [5.74, 6) is 0. The topological polar surface area (TPSA) is 37.5 Å². The van der Waals surface area contributed by atoms with Gasteiger partial charge in [-0.3, -0.25) is 0 Å². The Morgan fingerprint density at radius 2 is 2.18 bits per heavy atom. The van der Waals surface area contributed by atoms with Gasteiger partial charge in [0.15, 0.2) is 0 Å². The second kappa shape index (κ2) is 3.88. The number of fused-ring (bicyclic) bond motifs is 3. The predicted molar refractivity (Wildman–Crippen MR) is 71.9 cm³/mol. The maximum atomic E-state index is 9.13. The molecule has 3 nitrogen and oxygen atoms in total. The Bertz CT molecular complexity index is 628. The number of halogens is 1. The largest absolute Gasteiger partial charge is 0.411 e. The molecule has 1 N–H and O–H groups in total. The third-order valence-electron chi connectivity index (χ3n) is 3.52. The fourth-order valence-corrected chi connectivity index (χ4v) is 3.07. The van der Waals surface area contributed by atoms with E-state index in [0.717, 1.165) is 35.0 Å². The maximum absolute atomic E-state index is 9.13.